The Hall–Kier alpha value is -3.67. The molecular formula is C23H21NO5. The molecule has 0 aromatic heterocycles. The van der Waals surface area contributed by atoms with Crippen molar-refractivity contribution in [3.63, 3.8) is 0 Å². The van der Waals surface area contributed by atoms with Gasteiger partial charge in [-0.3, -0.25) is 4.79 Å². The minimum atomic E-state index is -0.585. The third kappa shape index (κ3) is 3.57. The van der Waals surface area contributed by atoms with Crippen LogP contribution in [0.4, 0.5) is 5.69 Å². The van der Waals surface area contributed by atoms with Crippen LogP contribution in [0.2, 0.25) is 0 Å². The Labute approximate surface area is 169 Å². The number of benzene rings is 1. The lowest BCUT2D eigenvalue weighted by Gasteiger charge is -2.35. The fraction of sp³-hybridized carbons (Fsp3) is 0.174. The Morgan fingerprint density at radius 3 is 1.72 bits per heavy atom. The molecule has 1 heterocycles. The van der Waals surface area contributed by atoms with Gasteiger partial charge < -0.3 is 14.4 Å². The Balaban J connectivity index is 2.38. The molecule has 1 aromatic carbocycles. The predicted octanol–water partition coefficient (Wildman–Crippen LogP) is 3.39. The molecule has 0 spiro atoms. The molecule has 0 atom stereocenters. The molecule has 1 aromatic rings. The van der Waals surface area contributed by atoms with Gasteiger partial charge in [-0.2, -0.15) is 0 Å². The Morgan fingerprint density at radius 2 is 1.28 bits per heavy atom. The van der Waals surface area contributed by atoms with Gasteiger partial charge in [-0.1, -0.05) is 30.4 Å². The van der Waals surface area contributed by atoms with Gasteiger partial charge in [0.25, 0.3) is 0 Å². The number of hydrogen-bond donors (Lipinski definition) is 0. The van der Waals surface area contributed by atoms with E-state index in [0.717, 1.165) is 5.69 Å². The second kappa shape index (κ2) is 8.14. The average Bonchev–Trinajstić information content (AvgIpc) is 2.74. The van der Waals surface area contributed by atoms with Crippen molar-refractivity contribution < 1.29 is 23.9 Å². The maximum absolute atomic E-state index is 12.8. The predicted molar refractivity (Wildman–Crippen MR) is 109 cm³/mol. The van der Waals surface area contributed by atoms with E-state index in [1.807, 2.05) is 35.2 Å². The number of esters is 2. The number of allylic oxidation sites excluding steroid dienone is 7. The minimum Gasteiger partial charge on any atom is -0.465 e. The first-order valence-corrected chi connectivity index (χ1v) is 8.99. The number of carbonyl (C=O) groups is 3. The largest absolute Gasteiger partial charge is 0.465 e. The summed E-state index contributed by atoms with van der Waals surface area (Å²) < 4.78 is 10.1. The topological polar surface area (TPSA) is 72.9 Å². The second-order valence-electron chi connectivity index (χ2n) is 6.47. The van der Waals surface area contributed by atoms with E-state index >= 15 is 0 Å². The van der Waals surface area contributed by atoms with E-state index in [2.05, 4.69) is 0 Å². The number of rotatable bonds is 3. The van der Waals surface area contributed by atoms with Crippen LogP contribution in [0.15, 0.2) is 88.3 Å². The summed E-state index contributed by atoms with van der Waals surface area (Å²) in [7, 11) is 2.58. The Bertz CT molecular complexity index is 978. The van der Waals surface area contributed by atoms with Gasteiger partial charge in [0.2, 0.25) is 0 Å². The highest BCUT2D eigenvalue weighted by atomic mass is 16.5. The number of methoxy groups -OCH3 is 2. The molecule has 1 aliphatic heterocycles. The first-order chi connectivity index (χ1) is 13.9. The molecule has 0 amide bonds. The lowest BCUT2D eigenvalue weighted by Crippen LogP contribution is -2.32. The number of ketones is 1. The number of nitrogens with zero attached hydrogens (tertiary/aromatic N) is 1. The zero-order valence-corrected chi connectivity index (χ0v) is 16.7. The SMILES string of the molecule is COC(=O)C1=C(C)N(c2ccccc2)C(C)=C(C(=O)OC)C1=C1C=CC(=O)C=C1. The van der Waals surface area contributed by atoms with Crippen LogP contribution in [0.25, 0.3) is 0 Å². The quantitative estimate of drug-likeness (QED) is 0.736. The summed E-state index contributed by atoms with van der Waals surface area (Å²) in [5.41, 5.74) is 3.41. The molecule has 0 radical (unpaired) electrons. The molecule has 6 heteroatoms. The lowest BCUT2D eigenvalue weighted by molar-refractivity contribution is -0.136. The number of ether oxygens (including phenoxy) is 2. The smallest absolute Gasteiger partial charge is 0.340 e. The van der Waals surface area contributed by atoms with Crippen LogP contribution in [0.3, 0.4) is 0 Å². The van der Waals surface area contributed by atoms with Crippen LogP contribution >= 0.6 is 0 Å². The van der Waals surface area contributed by atoms with Crippen molar-refractivity contribution >= 4 is 23.4 Å². The maximum Gasteiger partial charge on any atom is 0.340 e. The number of anilines is 1. The van der Waals surface area contributed by atoms with Gasteiger partial charge in [-0.15, -0.1) is 0 Å². The molecule has 6 nitrogen and oxygen atoms in total. The fourth-order valence-corrected chi connectivity index (χ4v) is 3.54. The zero-order valence-electron chi connectivity index (χ0n) is 16.7. The summed E-state index contributed by atoms with van der Waals surface area (Å²) in [6, 6.07) is 9.40. The highest BCUT2D eigenvalue weighted by molar-refractivity contribution is 6.08. The van der Waals surface area contributed by atoms with Crippen LogP contribution in [0.5, 0.6) is 0 Å². The molecule has 3 rings (SSSR count). The zero-order chi connectivity index (χ0) is 21.1. The van der Waals surface area contributed by atoms with E-state index in [0.29, 0.717) is 22.5 Å². The van der Waals surface area contributed by atoms with E-state index in [-0.39, 0.29) is 16.9 Å². The molecule has 148 valence electrons. The normalized spacial score (nSPS) is 16.6. The third-order valence-corrected chi connectivity index (χ3v) is 4.83. The van der Waals surface area contributed by atoms with Gasteiger partial charge in [-0.25, -0.2) is 9.59 Å². The summed E-state index contributed by atoms with van der Waals surface area (Å²) in [4.78, 5) is 39.0. The molecule has 0 fully saturated rings. The summed E-state index contributed by atoms with van der Waals surface area (Å²) in [6.45, 7) is 3.58. The second-order valence-corrected chi connectivity index (χ2v) is 6.47. The van der Waals surface area contributed by atoms with Crippen LogP contribution in [-0.4, -0.2) is 31.9 Å². The summed E-state index contributed by atoms with van der Waals surface area (Å²) in [6.07, 6.45) is 5.95. The van der Waals surface area contributed by atoms with Crippen molar-refractivity contribution in [1.29, 1.82) is 0 Å². The van der Waals surface area contributed by atoms with Gasteiger partial charge in [0.1, 0.15) is 0 Å². The first-order valence-electron chi connectivity index (χ1n) is 8.99. The fourth-order valence-electron chi connectivity index (χ4n) is 3.54. The third-order valence-electron chi connectivity index (χ3n) is 4.83. The van der Waals surface area contributed by atoms with Crippen molar-refractivity contribution in [1.82, 2.24) is 0 Å². The summed E-state index contributed by atoms with van der Waals surface area (Å²) in [5.74, 6) is -1.34. The van der Waals surface area contributed by atoms with Gasteiger partial charge >= 0.3 is 11.9 Å². The minimum absolute atomic E-state index is 0.170. The lowest BCUT2D eigenvalue weighted by atomic mass is 9.85. The Kier molecular flexibility index (Phi) is 5.64. The molecule has 0 unspecified atom stereocenters. The maximum atomic E-state index is 12.8. The van der Waals surface area contributed by atoms with Gasteiger partial charge in [-0.05, 0) is 43.7 Å². The van der Waals surface area contributed by atoms with Crippen molar-refractivity contribution in [2.45, 2.75) is 13.8 Å². The molecule has 0 N–H and O–H groups in total. The number of para-hydroxylation sites is 1. The van der Waals surface area contributed by atoms with E-state index in [1.54, 1.807) is 26.0 Å². The molecule has 0 saturated heterocycles. The molecule has 2 aliphatic rings. The van der Waals surface area contributed by atoms with Gasteiger partial charge in [0, 0.05) is 22.7 Å². The molecular weight excluding hydrogens is 370 g/mol. The van der Waals surface area contributed by atoms with Crippen molar-refractivity contribution in [2.24, 2.45) is 0 Å². The van der Waals surface area contributed by atoms with E-state index < -0.39 is 11.9 Å². The molecule has 29 heavy (non-hydrogen) atoms. The van der Waals surface area contributed by atoms with Gasteiger partial charge in [0.05, 0.1) is 25.4 Å². The number of hydrogen-bond acceptors (Lipinski definition) is 6. The van der Waals surface area contributed by atoms with E-state index in [1.165, 1.54) is 26.4 Å². The van der Waals surface area contributed by atoms with Crippen molar-refractivity contribution in [2.75, 3.05) is 19.1 Å². The summed E-state index contributed by atoms with van der Waals surface area (Å²) in [5, 5.41) is 0. The van der Waals surface area contributed by atoms with Crippen LogP contribution in [0.1, 0.15) is 13.8 Å². The highest BCUT2D eigenvalue weighted by Gasteiger charge is 2.37. The highest BCUT2D eigenvalue weighted by Crippen LogP contribution is 2.41. The van der Waals surface area contributed by atoms with Crippen LogP contribution in [0, 0.1) is 0 Å². The van der Waals surface area contributed by atoms with E-state index in [4.69, 9.17) is 9.47 Å². The van der Waals surface area contributed by atoms with Crippen molar-refractivity contribution in [3.05, 3.63) is 88.3 Å². The molecule has 0 bridgehead atoms. The van der Waals surface area contributed by atoms with Crippen molar-refractivity contribution in [3.8, 4) is 0 Å². The first kappa shape index (κ1) is 20.1. The average molecular weight is 391 g/mol. The number of carbonyl (C=O) groups excluding carboxylic acids is 3. The van der Waals surface area contributed by atoms with Crippen LogP contribution in [-0.2, 0) is 23.9 Å². The molecule has 1 aliphatic carbocycles. The monoisotopic (exact) mass is 391 g/mol. The van der Waals surface area contributed by atoms with Crippen LogP contribution < -0.4 is 4.90 Å². The van der Waals surface area contributed by atoms with Gasteiger partial charge in [0.15, 0.2) is 5.78 Å². The summed E-state index contributed by atoms with van der Waals surface area (Å²) >= 11 is 0. The Morgan fingerprint density at radius 1 is 0.793 bits per heavy atom. The van der Waals surface area contributed by atoms with E-state index in [9.17, 15) is 14.4 Å². The molecule has 0 saturated carbocycles. The standard InChI is InChI=1S/C23H21NO5/c1-14-19(22(26)28-3)21(16-10-12-18(25)13-11-16)20(23(27)29-4)15(2)24(14)17-8-6-5-7-9-17/h5-13H,1-4H3.